The van der Waals surface area contributed by atoms with Gasteiger partial charge in [0.2, 0.25) is 10.0 Å². The van der Waals surface area contributed by atoms with Crippen LogP contribution in [0.25, 0.3) is 0 Å². The number of rotatable bonds is 3. The maximum absolute atomic E-state index is 12.5. The quantitative estimate of drug-likeness (QED) is 0.835. The number of carbonyl (C=O) groups is 1. The summed E-state index contributed by atoms with van der Waals surface area (Å²) in [6, 6.07) is 6.74. The van der Waals surface area contributed by atoms with Gasteiger partial charge in [0.05, 0.1) is 18.9 Å². The number of methoxy groups -OCH3 is 1. The summed E-state index contributed by atoms with van der Waals surface area (Å²) in [7, 11) is -2.71. The van der Waals surface area contributed by atoms with Crippen molar-refractivity contribution in [2.24, 2.45) is 0 Å². The molecule has 2 unspecified atom stereocenters. The van der Waals surface area contributed by atoms with Crippen molar-refractivity contribution in [3.63, 3.8) is 0 Å². The number of aliphatic hydroxyl groups excluding tert-OH is 1. The molecule has 0 spiro atoms. The molecule has 7 heteroatoms. The molecule has 0 aliphatic carbocycles. The van der Waals surface area contributed by atoms with Crippen LogP contribution in [0.4, 0.5) is 5.69 Å². The van der Waals surface area contributed by atoms with Crippen molar-refractivity contribution in [2.75, 3.05) is 18.0 Å². The number of hydrogen-bond acceptors (Lipinski definition) is 5. The maximum Gasteiger partial charge on any atom is 0.325 e. The number of nitrogens with zero attached hydrogens (tertiary/aromatic N) is 1. The lowest BCUT2D eigenvalue weighted by Gasteiger charge is -2.34. The molecule has 110 valence electrons. The summed E-state index contributed by atoms with van der Waals surface area (Å²) in [4.78, 5) is 11.5. The largest absolute Gasteiger partial charge is 0.468 e. The molecule has 0 saturated heterocycles. The number of ether oxygens (including phenoxy) is 1. The first-order valence-electron chi connectivity index (χ1n) is 6.26. The van der Waals surface area contributed by atoms with Gasteiger partial charge in [-0.15, -0.1) is 0 Å². The maximum atomic E-state index is 12.5. The van der Waals surface area contributed by atoms with Gasteiger partial charge in [0.15, 0.2) is 5.25 Å². The molecule has 6 nitrogen and oxygen atoms in total. The van der Waals surface area contributed by atoms with Gasteiger partial charge in [-0.25, -0.2) is 8.42 Å². The molecule has 2 atom stereocenters. The second-order valence-electron chi connectivity index (χ2n) is 4.65. The summed E-state index contributed by atoms with van der Waals surface area (Å²) < 4.78 is 30.7. The fourth-order valence-electron chi connectivity index (χ4n) is 2.25. The number of esters is 1. The fourth-order valence-corrected chi connectivity index (χ4v) is 3.78. The Bertz CT molecular complexity index is 613. The van der Waals surface area contributed by atoms with Crippen LogP contribution in [0.5, 0.6) is 0 Å². The molecule has 0 bridgehead atoms. The standard InChI is InChI=1S/C13H17NO5S/c1-9(13(16)19-2)20(17,18)14-8-7-12(15)10-5-3-4-6-11(10)14/h3-6,9,12,15H,7-8H2,1-2H3. The topological polar surface area (TPSA) is 83.9 Å². The van der Waals surface area contributed by atoms with Gasteiger partial charge in [0.25, 0.3) is 0 Å². The average Bonchev–Trinajstić information content (AvgIpc) is 2.46. The van der Waals surface area contributed by atoms with Crippen molar-refractivity contribution in [2.45, 2.75) is 24.7 Å². The molecule has 0 radical (unpaired) electrons. The highest BCUT2D eigenvalue weighted by Gasteiger charge is 2.38. The van der Waals surface area contributed by atoms with Gasteiger partial charge in [-0.2, -0.15) is 0 Å². The molecule has 0 saturated carbocycles. The summed E-state index contributed by atoms with van der Waals surface area (Å²) >= 11 is 0. The lowest BCUT2D eigenvalue weighted by Crippen LogP contribution is -2.44. The highest BCUT2D eigenvalue weighted by Crippen LogP contribution is 2.35. The molecule has 1 aromatic carbocycles. The van der Waals surface area contributed by atoms with Crippen molar-refractivity contribution in [3.8, 4) is 0 Å². The number of sulfonamides is 1. The highest BCUT2D eigenvalue weighted by atomic mass is 32.2. The van der Waals surface area contributed by atoms with E-state index in [2.05, 4.69) is 4.74 Å². The Kier molecular flexibility index (Phi) is 4.01. The van der Waals surface area contributed by atoms with E-state index >= 15 is 0 Å². The zero-order chi connectivity index (χ0) is 14.9. The van der Waals surface area contributed by atoms with Crippen LogP contribution in [0.3, 0.4) is 0 Å². The second-order valence-corrected chi connectivity index (χ2v) is 6.82. The molecule has 0 amide bonds. The number of fused-ring (bicyclic) bond motifs is 1. The molecular weight excluding hydrogens is 282 g/mol. The SMILES string of the molecule is COC(=O)C(C)S(=O)(=O)N1CCC(O)c2ccccc21. The molecule has 1 aliphatic heterocycles. The van der Waals surface area contributed by atoms with E-state index < -0.39 is 27.3 Å². The van der Waals surface area contributed by atoms with Crippen LogP contribution in [-0.2, 0) is 19.6 Å². The lowest BCUT2D eigenvalue weighted by molar-refractivity contribution is -0.139. The molecule has 2 rings (SSSR count). The summed E-state index contributed by atoms with van der Waals surface area (Å²) in [5, 5.41) is 8.64. The minimum atomic E-state index is -3.86. The number of aliphatic hydroxyl groups is 1. The minimum absolute atomic E-state index is 0.141. The van der Waals surface area contributed by atoms with E-state index in [4.69, 9.17) is 0 Å². The van der Waals surface area contributed by atoms with Gasteiger partial charge in [-0.05, 0) is 19.4 Å². The summed E-state index contributed by atoms with van der Waals surface area (Å²) in [6.45, 7) is 1.44. The first-order valence-corrected chi connectivity index (χ1v) is 7.76. The first kappa shape index (κ1) is 14.8. The van der Waals surface area contributed by atoms with E-state index in [0.717, 1.165) is 7.11 Å². The van der Waals surface area contributed by atoms with E-state index in [1.165, 1.54) is 11.2 Å². The van der Waals surface area contributed by atoms with Crippen molar-refractivity contribution in [3.05, 3.63) is 29.8 Å². The Labute approximate surface area is 118 Å². The minimum Gasteiger partial charge on any atom is -0.468 e. The van der Waals surface area contributed by atoms with E-state index in [1.54, 1.807) is 24.3 Å². The molecule has 0 aromatic heterocycles. The second kappa shape index (κ2) is 5.41. The predicted octanol–water partition coefficient (Wildman–Crippen LogP) is 0.821. The van der Waals surface area contributed by atoms with Gasteiger partial charge in [0.1, 0.15) is 0 Å². The van der Waals surface area contributed by atoms with Crippen LogP contribution in [0.1, 0.15) is 25.0 Å². The Morgan fingerprint density at radius 3 is 2.75 bits per heavy atom. The van der Waals surface area contributed by atoms with Crippen LogP contribution < -0.4 is 4.31 Å². The van der Waals surface area contributed by atoms with Crippen molar-refractivity contribution < 1.29 is 23.1 Å². The van der Waals surface area contributed by atoms with E-state index in [9.17, 15) is 18.3 Å². The van der Waals surface area contributed by atoms with Gasteiger partial charge < -0.3 is 9.84 Å². The third-order valence-electron chi connectivity index (χ3n) is 3.46. The average molecular weight is 299 g/mol. The Balaban J connectivity index is 2.44. The fraction of sp³-hybridized carbons (Fsp3) is 0.462. The molecule has 1 N–H and O–H groups in total. The van der Waals surface area contributed by atoms with Gasteiger partial charge >= 0.3 is 5.97 Å². The Morgan fingerprint density at radius 2 is 2.10 bits per heavy atom. The first-order chi connectivity index (χ1) is 9.39. The molecule has 1 aliphatic rings. The summed E-state index contributed by atoms with van der Waals surface area (Å²) in [5.74, 6) is -0.798. The lowest BCUT2D eigenvalue weighted by atomic mass is 10.0. The number of hydrogen-bond donors (Lipinski definition) is 1. The van der Waals surface area contributed by atoms with Crippen LogP contribution in [0, 0.1) is 0 Å². The number of para-hydroxylation sites is 1. The van der Waals surface area contributed by atoms with Crippen LogP contribution in [0.2, 0.25) is 0 Å². The molecule has 1 aromatic rings. The van der Waals surface area contributed by atoms with E-state index in [-0.39, 0.29) is 6.54 Å². The zero-order valence-electron chi connectivity index (χ0n) is 11.3. The normalized spacial score (nSPS) is 20.1. The highest BCUT2D eigenvalue weighted by molar-refractivity contribution is 7.94. The number of benzene rings is 1. The van der Waals surface area contributed by atoms with Crippen molar-refractivity contribution >= 4 is 21.7 Å². The predicted molar refractivity (Wildman–Crippen MR) is 73.8 cm³/mol. The smallest absolute Gasteiger partial charge is 0.325 e. The van der Waals surface area contributed by atoms with Crippen LogP contribution >= 0.6 is 0 Å². The number of anilines is 1. The van der Waals surface area contributed by atoms with Crippen LogP contribution in [0.15, 0.2) is 24.3 Å². The van der Waals surface area contributed by atoms with E-state index in [0.29, 0.717) is 17.7 Å². The molecule has 0 fully saturated rings. The van der Waals surface area contributed by atoms with Crippen molar-refractivity contribution in [1.29, 1.82) is 0 Å². The molecular formula is C13H17NO5S. The summed E-state index contributed by atoms with van der Waals surface area (Å²) in [5.41, 5.74) is 0.974. The molecule has 1 heterocycles. The molecule has 20 heavy (non-hydrogen) atoms. The third-order valence-corrected chi connectivity index (χ3v) is 5.54. The third kappa shape index (κ3) is 2.38. The van der Waals surface area contributed by atoms with Gasteiger partial charge in [-0.3, -0.25) is 9.10 Å². The Hall–Kier alpha value is -1.60. The van der Waals surface area contributed by atoms with Crippen molar-refractivity contribution in [1.82, 2.24) is 0 Å². The Morgan fingerprint density at radius 1 is 1.45 bits per heavy atom. The van der Waals surface area contributed by atoms with Crippen LogP contribution in [-0.4, -0.2) is 38.4 Å². The monoisotopic (exact) mass is 299 g/mol. The van der Waals surface area contributed by atoms with Gasteiger partial charge in [-0.1, -0.05) is 18.2 Å². The zero-order valence-corrected chi connectivity index (χ0v) is 12.1. The van der Waals surface area contributed by atoms with Gasteiger partial charge in [0, 0.05) is 12.1 Å². The van der Waals surface area contributed by atoms with E-state index in [1.807, 2.05) is 0 Å². The summed E-state index contributed by atoms with van der Waals surface area (Å²) in [6.07, 6.45) is -0.393. The number of carbonyl (C=O) groups excluding carboxylic acids is 1.